The minimum atomic E-state index is -1.77. The summed E-state index contributed by atoms with van der Waals surface area (Å²) < 4.78 is 16.4. The molecule has 4 atom stereocenters. The molecule has 3 heterocycles. The Morgan fingerprint density at radius 2 is 2.04 bits per heavy atom. The Morgan fingerprint density at radius 1 is 1.33 bits per heavy atom. The van der Waals surface area contributed by atoms with E-state index >= 15 is 0 Å². The van der Waals surface area contributed by atoms with Gasteiger partial charge in [0.2, 0.25) is 0 Å². The second-order valence-corrected chi connectivity index (χ2v) is 7.12. The number of aliphatic hydroxyl groups is 3. The fraction of sp³-hybridized carbons (Fsp3) is 0.706. The quantitative estimate of drug-likeness (QED) is 0.644. The van der Waals surface area contributed by atoms with Crippen molar-refractivity contribution in [2.24, 2.45) is 0 Å². The third-order valence-corrected chi connectivity index (χ3v) is 5.05. The number of carbonyl (C=O) groups is 1. The topological polar surface area (TPSA) is 105 Å². The van der Waals surface area contributed by atoms with E-state index < -0.39 is 29.1 Å². The van der Waals surface area contributed by atoms with E-state index in [0.717, 1.165) is 0 Å². The van der Waals surface area contributed by atoms with Crippen molar-refractivity contribution < 1.29 is 34.3 Å². The summed E-state index contributed by atoms with van der Waals surface area (Å²) in [5.74, 6) is -2.13. The molecule has 0 unspecified atom stereocenters. The van der Waals surface area contributed by atoms with Gasteiger partial charge in [0, 0.05) is 25.0 Å². The molecule has 0 radical (unpaired) electrons. The van der Waals surface area contributed by atoms with Gasteiger partial charge >= 0.3 is 5.97 Å². The highest BCUT2D eigenvalue weighted by atomic mass is 16.7. The average molecular weight is 340 g/mol. The Labute approximate surface area is 140 Å². The lowest BCUT2D eigenvalue weighted by Crippen LogP contribution is -2.54. The molecular formula is C17H24O7. The van der Waals surface area contributed by atoms with E-state index in [2.05, 4.69) is 0 Å². The van der Waals surface area contributed by atoms with Crippen molar-refractivity contribution in [3.05, 3.63) is 23.0 Å². The molecule has 134 valence electrons. The van der Waals surface area contributed by atoms with Gasteiger partial charge in [-0.1, -0.05) is 0 Å². The fourth-order valence-corrected chi connectivity index (χ4v) is 3.59. The first-order valence-electron chi connectivity index (χ1n) is 8.20. The van der Waals surface area contributed by atoms with Gasteiger partial charge in [0.1, 0.15) is 11.4 Å². The lowest BCUT2D eigenvalue weighted by atomic mass is 9.82. The smallest absolute Gasteiger partial charge is 0.342 e. The summed E-state index contributed by atoms with van der Waals surface area (Å²) >= 11 is 0. The standard InChI is InChI=1S/C17H24O7/c1-4-22-9-10-13-11(18)7-16(3,20)17(21)6-5-15(2,24-17)8-12(13)23-14(10)19/h8,11,18,20-21H,4-7,9H2,1-3H3/b12-8+/t11-,15+,16+,17-/m0/s1. The molecular weight excluding hydrogens is 316 g/mol. The van der Waals surface area contributed by atoms with Gasteiger partial charge in [0.15, 0.2) is 5.79 Å². The number of hydrogen-bond acceptors (Lipinski definition) is 7. The molecule has 3 N–H and O–H groups in total. The molecule has 1 saturated heterocycles. The van der Waals surface area contributed by atoms with Crippen LogP contribution in [0.2, 0.25) is 0 Å². The summed E-state index contributed by atoms with van der Waals surface area (Å²) in [4.78, 5) is 12.2. The molecule has 0 aromatic carbocycles. The van der Waals surface area contributed by atoms with Crippen LogP contribution in [0.15, 0.2) is 23.0 Å². The first-order chi connectivity index (χ1) is 11.1. The minimum absolute atomic E-state index is 0.0169. The van der Waals surface area contributed by atoms with Gasteiger partial charge in [-0.15, -0.1) is 0 Å². The fourth-order valence-electron chi connectivity index (χ4n) is 3.59. The minimum Gasteiger partial charge on any atom is -0.423 e. The molecule has 7 nitrogen and oxygen atoms in total. The van der Waals surface area contributed by atoms with Crippen LogP contribution in [0.5, 0.6) is 0 Å². The maximum absolute atomic E-state index is 12.2. The number of rotatable bonds is 3. The van der Waals surface area contributed by atoms with Crippen LogP contribution in [0, 0.1) is 0 Å². The van der Waals surface area contributed by atoms with Crippen LogP contribution in [0.25, 0.3) is 0 Å². The van der Waals surface area contributed by atoms with E-state index in [-0.39, 0.29) is 30.8 Å². The molecule has 0 saturated carbocycles. The highest BCUT2D eigenvalue weighted by Crippen LogP contribution is 2.48. The summed E-state index contributed by atoms with van der Waals surface area (Å²) in [6, 6.07) is 0. The van der Waals surface area contributed by atoms with Gasteiger partial charge in [-0.05, 0) is 33.3 Å². The Bertz CT molecular complexity index is 620. The predicted octanol–water partition coefficient (Wildman–Crippen LogP) is 0.533. The first-order valence-corrected chi connectivity index (χ1v) is 8.20. The monoisotopic (exact) mass is 340 g/mol. The molecule has 3 aliphatic rings. The van der Waals surface area contributed by atoms with Crippen molar-refractivity contribution in [2.75, 3.05) is 13.2 Å². The first kappa shape index (κ1) is 17.6. The molecule has 0 amide bonds. The van der Waals surface area contributed by atoms with Gasteiger partial charge in [0.05, 0.1) is 23.9 Å². The zero-order valence-corrected chi connectivity index (χ0v) is 14.2. The van der Waals surface area contributed by atoms with Crippen LogP contribution in [0.3, 0.4) is 0 Å². The molecule has 0 spiro atoms. The van der Waals surface area contributed by atoms with Gasteiger partial charge in [-0.2, -0.15) is 0 Å². The normalized spacial score (nSPS) is 44.3. The van der Waals surface area contributed by atoms with Crippen molar-refractivity contribution in [1.82, 2.24) is 0 Å². The molecule has 0 aromatic rings. The number of fused-ring (bicyclic) bond motifs is 3. The summed E-state index contributed by atoms with van der Waals surface area (Å²) in [5.41, 5.74) is -2.07. The van der Waals surface area contributed by atoms with Gasteiger partial charge in [-0.3, -0.25) is 0 Å². The highest BCUT2D eigenvalue weighted by molar-refractivity contribution is 5.95. The van der Waals surface area contributed by atoms with E-state index in [9.17, 15) is 20.1 Å². The number of ether oxygens (including phenoxy) is 3. The summed E-state index contributed by atoms with van der Waals surface area (Å²) in [5, 5.41) is 32.1. The number of esters is 1. The van der Waals surface area contributed by atoms with Crippen molar-refractivity contribution >= 4 is 5.97 Å². The molecule has 3 rings (SSSR count). The van der Waals surface area contributed by atoms with Crippen LogP contribution in [0.1, 0.15) is 40.0 Å². The average Bonchev–Trinajstić information content (AvgIpc) is 2.94. The van der Waals surface area contributed by atoms with Crippen LogP contribution >= 0.6 is 0 Å². The number of carbonyl (C=O) groups excluding carboxylic acids is 1. The van der Waals surface area contributed by atoms with Gasteiger partial charge < -0.3 is 29.5 Å². The molecule has 0 aliphatic carbocycles. The maximum atomic E-state index is 12.2. The van der Waals surface area contributed by atoms with Gasteiger partial charge in [-0.25, -0.2) is 4.79 Å². The molecule has 3 aliphatic heterocycles. The Morgan fingerprint density at radius 3 is 2.71 bits per heavy atom. The Balaban J connectivity index is 2.10. The Hall–Kier alpha value is -1.25. The van der Waals surface area contributed by atoms with Gasteiger partial charge in [0.25, 0.3) is 0 Å². The van der Waals surface area contributed by atoms with Crippen LogP contribution < -0.4 is 0 Å². The van der Waals surface area contributed by atoms with E-state index in [4.69, 9.17) is 14.2 Å². The largest absolute Gasteiger partial charge is 0.423 e. The Kier molecular flexibility index (Phi) is 4.13. The lowest BCUT2D eigenvalue weighted by Gasteiger charge is -2.39. The third kappa shape index (κ3) is 2.70. The molecule has 1 fully saturated rings. The second kappa shape index (κ2) is 5.64. The summed E-state index contributed by atoms with van der Waals surface area (Å²) in [6.45, 7) is 5.40. The highest BCUT2D eigenvalue weighted by Gasteiger charge is 2.58. The van der Waals surface area contributed by atoms with Crippen LogP contribution in [0.4, 0.5) is 0 Å². The SMILES string of the molecule is CCOCC1=C2/C(=C\[C@@]3(C)CC[C@](O)(O3)[C@](C)(O)C[C@@H]2O)OC1=O. The zero-order chi connectivity index (χ0) is 17.8. The molecule has 0 aromatic heterocycles. The molecule has 7 heteroatoms. The van der Waals surface area contributed by atoms with Crippen molar-refractivity contribution in [3.63, 3.8) is 0 Å². The van der Waals surface area contributed by atoms with E-state index in [1.165, 1.54) is 6.92 Å². The maximum Gasteiger partial charge on any atom is 0.342 e. The van der Waals surface area contributed by atoms with Crippen molar-refractivity contribution in [3.8, 4) is 0 Å². The summed E-state index contributed by atoms with van der Waals surface area (Å²) in [7, 11) is 0. The van der Waals surface area contributed by atoms with Crippen molar-refractivity contribution in [1.29, 1.82) is 0 Å². The molecule has 2 bridgehead atoms. The van der Waals surface area contributed by atoms with Crippen LogP contribution in [-0.2, 0) is 19.0 Å². The summed E-state index contributed by atoms with van der Waals surface area (Å²) in [6.07, 6.45) is 0.875. The van der Waals surface area contributed by atoms with E-state index in [0.29, 0.717) is 18.6 Å². The van der Waals surface area contributed by atoms with E-state index in [1.807, 2.05) is 0 Å². The number of aliphatic hydroxyl groups excluding tert-OH is 1. The number of hydrogen-bond donors (Lipinski definition) is 3. The second-order valence-electron chi connectivity index (χ2n) is 7.12. The van der Waals surface area contributed by atoms with Crippen LogP contribution in [-0.4, -0.2) is 57.6 Å². The third-order valence-electron chi connectivity index (χ3n) is 5.05. The predicted molar refractivity (Wildman–Crippen MR) is 82.6 cm³/mol. The van der Waals surface area contributed by atoms with E-state index in [1.54, 1.807) is 19.9 Å². The lowest BCUT2D eigenvalue weighted by molar-refractivity contribution is -0.297. The molecule has 24 heavy (non-hydrogen) atoms. The zero-order valence-electron chi connectivity index (χ0n) is 14.2. The van der Waals surface area contributed by atoms with Crippen molar-refractivity contribution in [2.45, 2.75) is 63.1 Å².